The lowest BCUT2D eigenvalue weighted by atomic mass is 10.0. The van der Waals surface area contributed by atoms with Gasteiger partial charge in [-0.1, -0.05) is 12.1 Å². The summed E-state index contributed by atoms with van der Waals surface area (Å²) >= 11 is 0. The van der Waals surface area contributed by atoms with Crippen LogP contribution in [0.3, 0.4) is 0 Å². The van der Waals surface area contributed by atoms with Gasteiger partial charge < -0.3 is 47.8 Å². The predicted octanol–water partition coefficient (Wildman–Crippen LogP) is -2.59. The van der Waals surface area contributed by atoms with Gasteiger partial charge in [0.1, 0.15) is 23.9 Å². The van der Waals surface area contributed by atoms with Crippen LogP contribution in [-0.2, 0) is 40.0 Å². The van der Waals surface area contributed by atoms with Crippen molar-refractivity contribution in [1.29, 1.82) is 0 Å². The number of aromatic hydroxyl groups is 1. The van der Waals surface area contributed by atoms with Gasteiger partial charge in [0.05, 0.1) is 12.5 Å². The molecule has 0 aliphatic rings. The van der Waals surface area contributed by atoms with Crippen molar-refractivity contribution in [1.82, 2.24) is 16.0 Å². The highest BCUT2D eigenvalue weighted by molar-refractivity contribution is 5.95. The maximum absolute atomic E-state index is 13.2. The average molecular weight is 554 g/mol. The smallest absolute Gasteiger partial charge is 0.326 e. The molecule has 1 aromatic rings. The van der Waals surface area contributed by atoms with Crippen LogP contribution < -0.4 is 27.4 Å². The van der Waals surface area contributed by atoms with Gasteiger partial charge in [0.15, 0.2) is 0 Å². The minimum absolute atomic E-state index is 0.0722. The van der Waals surface area contributed by atoms with Crippen molar-refractivity contribution in [3.8, 4) is 5.75 Å². The second kappa shape index (κ2) is 15.5. The number of nitrogens with one attached hydrogen (secondary N) is 3. The zero-order chi connectivity index (χ0) is 29.7. The number of aliphatic carboxylic acids is 3. The second-order valence-corrected chi connectivity index (χ2v) is 8.53. The first-order valence-electron chi connectivity index (χ1n) is 11.6. The van der Waals surface area contributed by atoms with E-state index in [0.717, 1.165) is 0 Å². The Morgan fingerprint density at radius 2 is 1.26 bits per heavy atom. The molecule has 4 atom stereocenters. The highest BCUT2D eigenvalue weighted by atomic mass is 16.4. The zero-order valence-electron chi connectivity index (χ0n) is 20.7. The molecular weight excluding hydrogens is 522 g/mol. The third-order valence-electron chi connectivity index (χ3n) is 5.32. The Hall–Kier alpha value is -4.73. The molecule has 4 amide bonds. The first kappa shape index (κ1) is 32.3. The van der Waals surface area contributed by atoms with E-state index in [2.05, 4.69) is 10.6 Å². The molecule has 0 heterocycles. The molecular formula is C23H31N5O11. The van der Waals surface area contributed by atoms with E-state index in [0.29, 0.717) is 5.56 Å². The number of phenols is 1. The molecule has 1 aromatic carbocycles. The van der Waals surface area contributed by atoms with Gasteiger partial charge in [-0.25, -0.2) is 4.79 Å². The van der Waals surface area contributed by atoms with Crippen LogP contribution in [0.15, 0.2) is 24.3 Å². The molecule has 16 heteroatoms. The normalized spacial score (nSPS) is 13.7. The predicted molar refractivity (Wildman–Crippen MR) is 131 cm³/mol. The first-order valence-corrected chi connectivity index (χ1v) is 11.6. The Labute approximate surface area is 221 Å². The average Bonchev–Trinajstić information content (AvgIpc) is 2.84. The maximum atomic E-state index is 13.2. The van der Waals surface area contributed by atoms with Crippen molar-refractivity contribution in [3.63, 3.8) is 0 Å². The number of rotatable bonds is 17. The van der Waals surface area contributed by atoms with E-state index in [1.807, 2.05) is 5.32 Å². The van der Waals surface area contributed by atoms with Crippen molar-refractivity contribution < 1.29 is 54.0 Å². The van der Waals surface area contributed by atoms with Crippen LogP contribution in [0.5, 0.6) is 5.75 Å². The fourth-order valence-electron chi connectivity index (χ4n) is 3.24. The molecule has 0 radical (unpaired) electrons. The summed E-state index contributed by atoms with van der Waals surface area (Å²) in [6.45, 7) is 0. The number of amides is 4. The van der Waals surface area contributed by atoms with E-state index >= 15 is 0 Å². The molecule has 4 unspecified atom stereocenters. The number of carboxylic acids is 3. The van der Waals surface area contributed by atoms with Gasteiger partial charge in [-0.3, -0.25) is 28.8 Å². The summed E-state index contributed by atoms with van der Waals surface area (Å²) in [4.78, 5) is 82.8. The second-order valence-electron chi connectivity index (χ2n) is 8.53. The van der Waals surface area contributed by atoms with Gasteiger partial charge in [0, 0.05) is 19.3 Å². The summed E-state index contributed by atoms with van der Waals surface area (Å²) in [5, 5.41) is 43.2. The lowest BCUT2D eigenvalue weighted by molar-refractivity contribution is -0.147. The lowest BCUT2D eigenvalue weighted by Gasteiger charge is -2.25. The van der Waals surface area contributed by atoms with Crippen LogP contribution in [0.4, 0.5) is 0 Å². The quantitative estimate of drug-likeness (QED) is 0.0960. The molecule has 0 aliphatic heterocycles. The topological polar surface area (TPSA) is 289 Å². The first-order chi connectivity index (χ1) is 18.2. The van der Waals surface area contributed by atoms with Gasteiger partial charge in [0.2, 0.25) is 23.6 Å². The van der Waals surface area contributed by atoms with Gasteiger partial charge in [-0.15, -0.1) is 0 Å². The van der Waals surface area contributed by atoms with Crippen LogP contribution >= 0.6 is 0 Å². The van der Waals surface area contributed by atoms with Gasteiger partial charge in [-0.2, -0.15) is 0 Å². The summed E-state index contributed by atoms with van der Waals surface area (Å²) in [6, 6.07) is -0.561. The molecule has 0 saturated carbocycles. The number of carbonyl (C=O) groups is 7. The standard InChI is InChI=1S/C23H31N5O11/c24-13(5-7-17(25)30)20(35)27-15(9-11-1-3-12(29)4-2-11)22(37)26-14(6-8-18(31)32)21(36)28-16(23(38)39)10-19(33)34/h1-4,13-16,29H,5-10,24H2,(H2,25,30)(H,26,37)(H,27,35)(H,28,36)(H,31,32)(H,33,34)(H,38,39). The summed E-state index contributed by atoms with van der Waals surface area (Å²) in [5.41, 5.74) is 11.3. The molecule has 39 heavy (non-hydrogen) atoms. The summed E-state index contributed by atoms with van der Waals surface area (Å²) in [6.07, 6.45) is -2.61. The molecule has 214 valence electrons. The third kappa shape index (κ3) is 12.4. The van der Waals surface area contributed by atoms with Crippen molar-refractivity contribution >= 4 is 41.5 Å². The monoisotopic (exact) mass is 553 g/mol. The molecule has 0 saturated heterocycles. The van der Waals surface area contributed by atoms with E-state index in [-0.39, 0.29) is 25.0 Å². The summed E-state index contributed by atoms with van der Waals surface area (Å²) in [5.74, 6) is -8.29. The SMILES string of the molecule is NC(=O)CCC(N)C(=O)NC(Cc1ccc(O)cc1)C(=O)NC(CCC(=O)O)C(=O)NC(CC(=O)O)C(=O)O. The van der Waals surface area contributed by atoms with Gasteiger partial charge >= 0.3 is 17.9 Å². The van der Waals surface area contributed by atoms with E-state index in [9.17, 15) is 43.8 Å². The molecule has 0 aromatic heterocycles. The Kier molecular flexibility index (Phi) is 12.8. The minimum atomic E-state index is -1.87. The van der Waals surface area contributed by atoms with Gasteiger partial charge in [0.25, 0.3) is 0 Å². The van der Waals surface area contributed by atoms with Crippen LogP contribution in [0.1, 0.15) is 37.7 Å². The molecule has 0 bridgehead atoms. The summed E-state index contributed by atoms with van der Waals surface area (Å²) < 4.78 is 0. The van der Waals surface area contributed by atoms with Crippen molar-refractivity contribution in [2.75, 3.05) is 0 Å². The molecule has 11 N–H and O–H groups in total. The lowest BCUT2D eigenvalue weighted by Crippen LogP contribution is -2.57. The van der Waals surface area contributed by atoms with E-state index in [4.69, 9.17) is 21.7 Å². The summed E-state index contributed by atoms with van der Waals surface area (Å²) in [7, 11) is 0. The highest BCUT2D eigenvalue weighted by Gasteiger charge is 2.31. The van der Waals surface area contributed by atoms with Crippen LogP contribution in [0.2, 0.25) is 0 Å². The van der Waals surface area contributed by atoms with Crippen molar-refractivity contribution in [2.45, 2.75) is 62.7 Å². The maximum Gasteiger partial charge on any atom is 0.326 e. The van der Waals surface area contributed by atoms with Crippen molar-refractivity contribution in [2.24, 2.45) is 11.5 Å². The number of carboxylic acid groups (broad SMARTS) is 3. The number of nitrogens with two attached hydrogens (primary N) is 2. The van der Waals surface area contributed by atoms with Crippen LogP contribution in [-0.4, -0.2) is 86.1 Å². The Bertz CT molecular complexity index is 1080. The number of phenolic OH excluding ortho intramolecular Hbond substituents is 1. The molecule has 0 aliphatic carbocycles. The Balaban J connectivity index is 3.17. The number of carbonyl (C=O) groups excluding carboxylic acids is 4. The zero-order valence-corrected chi connectivity index (χ0v) is 20.7. The molecule has 16 nitrogen and oxygen atoms in total. The molecule has 0 spiro atoms. The Morgan fingerprint density at radius 1 is 0.718 bits per heavy atom. The Morgan fingerprint density at radius 3 is 1.77 bits per heavy atom. The fraction of sp³-hybridized carbons (Fsp3) is 0.435. The number of hydrogen-bond acceptors (Lipinski definition) is 9. The fourth-order valence-corrected chi connectivity index (χ4v) is 3.24. The van der Waals surface area contributed by atoms with E-state index in [1.165, 1.54) is 24.3 Å². The number of primary amides is 1. The van der Waals surface area contributed by atoms with E-state index < -0.39 is 85.0 Å². The van der Waals surface area contributed by atoms with Crippen molar-refractivity contribution in [3.05, 3.63) is 29.8 Å². The third-order valence-corrected chi connectivity index (χ3v) is 5.32. The molecule has 0 fully saturated rings. The molecule has 1 rings (SSSR count). The largest absolute Gasteiger partial charge is 0.508 e. The van der Waals surface area contributed by atoms with E-state index in [1.54, 1.807) is 0 Å². The van der Waals surface area contributed by atoms with Crippen LogP contribution in [0, 0.1) is 0 Å². The van der Waals surface area contributed by atoms with Crippen LogP contribution in [0.25, 0.3) is 0 Å². The highest BCUT2D eigenvalue weighted by Crippen LogP contribution is 2.12. The minimum Gasteiger partial charge on any atom is -0.508 e. The van der Waals surface area contributed by atoms with Gasteiger partial charge in [-0.05, 0) is 30.5 Å². The number of hydrogen-bond donors (Lipinski definition) is 9. The number of benzene rings is 1.